The molecule has 0 aliphatic rings. The highest BCUT2D eigenvalue weighted by Crippen LogP contribution is 2.15. The summed E-state index contributed by atoms with van der Waals surface area (Å²) in [6.07, 6.45) is 5.11. The van der Waals surface area contributed by atoms with Gasteiger partial charge in [0.2, 0.25) is 0 Å². The van der Waals surface area contributed by atoms with Crippen LogP contribution in [0.25, 0.3) is 5.69 Å². The average Bonchev–Trinajstić information content (AvgIpc) is 3.01. The Morgan fingerprint density at radius 3 is 2.32 bits per heavy atom. The number of anilines is 1. The molecule has 0 saturated carbocycles. The van der Waals surface area contributed by atoms with Crippen LogP contribution in [0.3, 0.4) is 0 Å². The first-order chi connectivity index (χ1) is 10.6. The summed E-state index contributed by atoms with van der Waals surface area (Å²) in [4.78, 5) is 15.9. The average molecular weight is 299 g/mol. The molecule has 3 aromatic rings. The van der Waals surface area contributed by atoms with E-state index in [0.717, 1.165) is 23.9 Å². The van der Waals surface area contributed by atoms with Gasteiger partial charge in [-0.15, -0.1) is 0 Å². The van der Waals surface area contributed by atoms with Gasteiger partial charge in [-0.1, -0.05) is 0 Å². The van der Waals surface area contributed by atoms with E-state index in [1.165, 1.54) is 0 Å². The maximum absolute atomic E-state index is 13.1. The molecule has 4 nitrogen and oxygen atoms in total. The summed E-state index contributed by atoms with van der Waals surface area (Å²) in [5, 5.41) is 2.59. The third-order valence-electron chi connectivity index (χ3n) is 3.05. The van der Waals surface area contributed by atoms with Crippen LogP contribution < -0.4 is 5.32 Å². The molecule has 6 heteroatoms. The fourth-order valence-electron chi connectivity index (χ4n) is 2.02. The smallest absolute Gasteiger partial charge is 0.255 e. The first kappa shape index (κ1) is 13.9. The van der Waals surface area contributed by atoms with Gasteiger partial charge in [0.05, 0.1) is 6.33 Å². The van der Waals surface area contributed by atoms with Crippen LogP contribution in [0.15, 0.2) is 61.2 Å². The molecule has 110 valence electrons. The Hall–Kier alpha value is -3.02. The number of hydrogen-bond acceptors (Lipinski definition) is 2. The summed E-state index contributed by atoms with van der Waals surface area (Å²) < 4.78 is 28.0. The Morgan fingerprint density at radius 2 is 1.73 bits per heavy atom. The number of imidazole rings is 1. The summed E-state index contributed by atoms with van der Waals surface area (Å²) in [7, 11) is 0. The van der Waals surface area contributed by atoms with Gasteiger partial charge in [-0.05, 0) is 36.4 Å². The zero-order chi connectivity index (χ0) is 15.5. The topological polar surface area (TPSA) is 46.9 Å². The second-order valence-corrected chi connectivity index (χ2v) is 4.63. The van der Waals surface area contributed by atoms with Crippen LogP contribution in [-0.2, 0) is 0 Å². The number of halogens is 2. The number of carbonyl (C=O) groups is 1. The Morgan fingerprint density at radius 1 is 1.05 bits per heavy atom. The summed E-state index contributed by atoms with van der Waals surface area (Å²) in [5.74, 6) is -2.16. The largest absolute Gasteiger partial charge is 0.322 e. The quantitative estimate of drug-likeness (QED) is 0.805. The van der Waals surface area contributed by atoms with Gasteiger partial charge in [-0.2, -0.15) is 0 Å². The van der Waals surface area contributed by atoms with Crippen LogP contribution in [0.2, 0.25) is 0 Å². The van der Waals surface area contributed by atoms with Crippen LogP contribution in [-0.4, -0.2) is 15.5 Å². The highest BCUT2D eigenvalue weighted by molar-refractivity contribution is 6.04. The fourth-order valence-corrected chi connectivity index (χ4v) is 2.02. The molecule has 0 aliphatic heterocycles. The lowest BCUT2D eigenvalue weighted by molar-refractivity contribution is 0.102. The lowest BCUT2D eigenvalue weighted by Gasteiger charge is -2.07. The van der Waals surface area contributed by atoms with E-state index < -0.39 is 17.5 Å². The van der Waals surface area contributed by atoms with Crippen molar-refractivity contribution in [2.75, 3.05) is 5.32 Å². The van der Waals surface area contributed by atoms with Crippen molar-refractivity contribution in [3.8, 4) is 5.69 Å². The van der Waals surface area contributed by atoms with E-state index >= 15 is 0 Å². The van der Waals surface area contributed by atoms with E-state index in [1.807, 2.05) is 4.57 Å². The molecule has 0 spiro atoms. The third-order valence-corrected chi connectivity index (χ3v) is 3.05. The van der Waals surface area contributed by atoms with Crippen LogP contribution in [0, 0.1) is 11.6 Å². The van der Waals surface area contributed by atoms with Gasteiger partial charge < -0.3 is 9.88 Å². The molecule has 0 radical (unpaired) electrons. The summed E-state index contributed by atoms with van der Waals surface area (Å²) in [6.45, 7) is 0. The molecule has 1 N–H and O–H groups in total. The van der Waals surface area contributed by atoms with Gasteiger partial charge in [0, 0.05) is 35.4 Å². The zero-order valence-electron chi connectivity index (χ0n) is 11.3. The van der Waals surface area contributed by atoms with Crippen LogP contribution >= 0.6 is 0 Å². The van der Waals surface area contributed by atoms with Crippen molar-refractivity contribution in [1.29, 1.82) is 0 Å². The molecule has 0 unspecified atom stereocenters. The SMILES string of the molecule is O=C(Nc1ccc(-n2ccnc2)cc1)c1cc(F)cc(F)c1. The molecule has 1 heterocycles. The Labute approximate surface area is 125 Å². The number of hydrogen-bond donors (Lipinski definition) is 1. The second kappa shape index (κ2) is 5.77. The van der Waals surface area contributed by atoms with Crippen molar-refractivity contribution in [3.05, 3.63) is 78.4 Å². The number of amides is 1. The molecule has 3 rings (SSSR count). The monoisotopic (exact) mass is 299 g/mol. The minimum Gasteiger partial charge on any atom is -0.322 e. The van der Waals surface area contributed by atoms with Gasteiger partial charge in [0.1, 0.15) is 11.6 Å². The molecule has 0 aliphatic carbocycles. The number of nitrogens with one attached hydrogen (secondary N) is 1. The van der Waals surface area contributed by atoms with E-state index in [1.54, 1.807) is 43.0 Å². The summed E-state index contributed by atoms with van der Waals surface area (Å²) >= 11 is 0. The molecule has 0 bridgehead atoms. The van der Waals surface area contributed by atoms with Crippen molar-refractivity contribution in [3.63, 3.8) is 0 Å². The van der Waals surface area contributed by atoms with Gasteiger partial charge in [-0.25, -0.2) is 13.8 Å². The maximum atomic E-state index is 13.1. The first-order valence-electron chi connectivity index (χ1n) is 6.48. The van der Waals surface area contributed by atoms with Crippen molar-refractivity contribution in [2.45, 2.75) is 0 Å². The van der Waals surface area contributed by atoms with E-state index in [4.69, 9.17) is 0 Å². The zero-order valence-corrected chi connectivity index (χ0v) is 11.3. The van der Waals surface area contributed by atoms with Crippen LogP contribution in [0.4, 0.5) is 14.5 Å². The van der Waals surface area contributed by atoms with Crippen molar-refractivity contribution in [1.82, 2.24) is 9.55 Å². The molecular formula is C16H11F2N3O. The predicted molar refractivity (Wildman–Crippen MR) is 77.9 cm³/mol. The number of benzene rings is 2. The third kappa shape index (κ3) is 3.01. The lowest BCUT2D eigenvalue weighted by atomic mass is 10.2. The lowest BCUT2D eigenvalue weighted by Crippen LogP contribution is -2.12. The molecule has 22 heavy (non-hydrogen) atoms. The molecule has 0 fully saturated rings. The number of aromatic nitrogens is 2. The van der Waals surface area contributed by atoms with Gasteiger partial charge in [-0.3, -0.25) is 4.79 Å². The number of carbonyl (C=O) groups excluding carboxylic acids is 1. The van der Waals surface area contributed by atoms with E-state index in [0.29, 0.717) is 5.69 Å². The Bertz CT molecular complexity index is 779. The normalized spacial score (nSPS) is 10.5. The standard InChI is InChI=1S/C16H11F2N3O/c17-12-7-11(8-13(18)9-12)16(22)20-14-1-3-15(4-2-14)21-6-5-19-10-21/h1-10H,(H,20,22). The predicted octanol–water partition coefficient (Wildman–Crippen LogP) is 3.40. The van der Waals surface area contributed by atoms with Crippen molar-refractivity contribution < 1.29 is 13.6 Å². The highest BCUT2D eigenvalue weighted by atomic mass is 19.1. The Kier molecular flexibility index (Phi) is 3.65. The second-order valence-electron chi connectivity index (χ2n) is 4.63. The molecule has 0 saturated heterocycles. The maximum Gasteiger partial charge on any atom is 0.255 e. The highest BCUT2D eigenvalue weighted by Gasteiger charge is 2.09. The van der Waals surface area contributed by atoms with Gasteiger partial charge in [0.25, 0.3) is 5.91 Å². The van der Waals surface area contributed by atoms with Crippen LogP contribution in [0.5, 0.6) is 0 Å². The van der Waals surface area contributed by atoms with E-state index in [2.05, 4.69) is 10.3 Å². The minimum atomic E-state index is -0.791. The molecule has 0 atom stereocenters. The van der Waals surface area contributed by atoms with Gasteiger partial charge in [0.15, 0.2) is 0 Å². The summed E-state index contributed by atoms with van der Waals surface area (Å²) in [5.41, 5.74) is 1.34. The fraction of sp³-hybridized carbons (Fsp3) is 0. The number of nitrogens with zero attached hydrogens (tertiary/aromatic N) is 2. The minimum absolute atomic E-state index is 0.0730. The van der Waals surface area contributed by atoms with Crippen molar-refractivity contribution >= 4 is 11.6 Å². The van der Waals surface area contributed by atoms with Gasteiger partial charge >= 0.3 is 0 Å². The first-order valence-corrected chi connectivity index (χ1v) is 6.48. The van der Waals surface area contributed by atoms with E-state index in [-0.39, 0.29) is 5.56 Å². The van der Waals surface area contributed by atoms with Crippen LogP contribution in [0.1, 0.15) is 10.4 Å². The molecule has 2 aromatic carbocycles. The molecule has 1 aromatic heterocycles. The van der Waals surface area contributed by atoms with E-state index in [9.17, 15) is 13.6 Å². The molecular weight excluding hydrogens is 288 g/mol. The summed E-state index contributed by atoms with van der Waals surface area (Å²) in [6, 6.07) is 9.67. The number of rotatable bonds is 3. The Balaban J connectivity index is 1.76. The van der Waals surface area contributed by atoms with Crippen molar-refractivity contribution in [2.24, 2.45) is 0 Å². The molecule has 1 amide bonds.